The average molecular weight is 349 g/mol. The first-order valence-electron chi connectivity index (χ1n) is 8.21. The van der Waals surface area contributed by atoms with E-state index in [2.05, 4.69) is 22.0 Å². The highest BCUT2D eigenvalue weighted by molar-refractivity contribution is 7.14. The van der Waals surface area contributed by atoms with Crippen molar-refractivity contribution in [3.8, 4) is 10.6 Å². The molecule has 5 nitrogen and oxygen atoms in total. The Bertz CT molecular complexity index is 717. The minimum atomic E-state index is -0.263. The molecular formula is C17H20FN3O2S. The zero-order valence-electron chi connectivity index (χ0n) is 13.6. The van der Waals surface area contributed by atoms with Gasteiger partial charge in [-0.15, -0.1) is 10.2 Å². The molecule has 0 unspecified atom stereocenters. The quantitative estimate of drug-likeness (QED) is 0.853. The van der Waals surface area contributed by atoms with Crippen molar-refractivity contribution in [2.45, 2.75) is 25.0 Å². The summed E-state index contributed by atoms with van der Waals surface area (Å²) in [6.45, 7) is 5.94. The van der Waals surface area contributed by atoms with Gasteiger partial charge in [0.1, 0.15) is 16.4 Å². The van der Waals surface area contributed by atoms with Gasteiger partial charge in [-0.1, -0.05) is 23.5 Å². The zero-order valence-corrected chi connectivity index (χ0v) is 14.4. The van der Waals surface area contributed by atoms with Gasteiger partial charge < -0.3 is 9.47 Å². The summed E-state index contributed by atoms with van der Waals surface area (Å²) < 4.78 is 25.5. The summed E-state index contributed by atoms with van der Waals surface area (Å²) >= 11 is 1.46. The SMILES string of the molecule is C[C@H](c1nnc(-c2ccccc2F)s1)N1CCO[C@@]2(CCOC2)C1. The molecule has 1 aromatic carbocycles. The number of aromatic nitrogens is 2. The van der Waals surface area contributed by atoms with Crippen LogP contribution >= 0.6 is 11.3 Å². The van der Waals surface area contributed by atoms with Gasteiger partial charge in [-0.05, 0) is 19.1 Å². The molecule has 0 saturated carbocycles. The Kier molecular flexibility index (Phi) is 4.34. The highest BCUT2D eigenvalue weighted by Gasteiger charge is 2.42. The van der Waals surface area contributed by atoms with Crippen molar-refractivity contribution < 1.29 is 13.9 Å². The van der Waals surface area contributed by atoms with Crippen molar-refractivity contribution in [1.82, 2.24) is 15.1 Å². The maximum atomic E-state index is 13.9. The standard InChI is InChI=1S/C17H20FN3O2S/c1-12(21-7-9-23-17(10-21)6-8-22-11-17)15-19-20-16(24-15)13-4-2-3-5-14(13)18/h2-5,12H,6-11H2,1H3/t12-,17+/m1/s1. The van der Waals surface area contributed by atoms with E-state index in [0.29, 0.717) is 23.8 Å². The summed E-state index contributed by atoms with van der Waals surface area (Å²) in [6, 6.07) is 6.81. The molecule has 2 aliphatic heterocycles. The van der Waals surface area contributed by atoms with Gasteiger partial charge in [0.25, 0.3) is 0 Å². The lowest BCUT2D eigenvalue weighted by atomic mass is 10.00. The van der Waals surface area contributed by atoms with Crippen molar-refractivity contribution in [3.05, 3.63) is 35.1 Å². The second-order valence-corrected chi connectivity index (χ2v) is 7.41. The fourth-order valence-corrected chi connectivity index (χ4v) is 4.29. The molecule has 2 saturated heterocycles. The highest BCUT2D eigenvalue weighted by atomic mass is 32.1. The lowest BCUT2D eigenvalue weighted by Gasteiger charge is -2.41. The van der Waals surface area contributed by atoms with Crippen molar-refractivity contribution in [2.75, 3.05) is 32.9 Å². The van der Waals surface area contributed by atoms with Crippen molar-refractivity contribution in [3.63, 3.8) is 0 Å². The van der Waals surface area contributed by atoms with E-state index in [4.69, 9.17) is 9.47 Å². The van der Waals surface area contributed by atoms with Gasteiger partial charge in [-0.25, -0.2) is 4.39 Å². The molecule has 1 aromatic heterocycles. The smallest absolute Gasteiger partial charge is 0.150 e. The third kappa shape index (κ3) is 2.97. The largest absolute Gasteiger partial charge is 0.378 e. The Morgan fingerprint density at radius 1 is 1.29 bits per heavy atom. The third-order valence-electron chi connectivity index (χ3n) is 4.80. The van der Waals surface area contributed by atoms with E-state index in [1.165, 1.54) is 17.4 Å². The number of hydrogen-bond donors (Lipinski definition) is 0. The summed E-state index contributed by atoms with van der Waals surface area (Å²) in [5.74, 6) is -0.263. The summed E-state index contributed by atoms with van der Waals surface area (Å²) in [7, 11) is 0. The van der Waals surface area contributed by atoms with E-state index in [1.807, 2.05) is 6.07 Å². The molecule has 0 N–H and O–H groups in total. The van der Waals surface area contributed by atoms with Crippen molar-refractivity contribution in [1.29, 1.82) is 0 Å². The van der Waals surface area contributed by atoms with Crippen LogP contribution in [0.3, 0.4) is 0 Å². The molecule has 0 aliphatic carbocycles. The number of morpholine rings is 1. The summed E-state index contributed by atoms with van der Waals surface area (Å²) in [6.07, 6.45) is 0.937. The van der Waals surface area contributed by atoms with Gasteiger partial charge in [0.2, 0.25) is 0 Å². The van der Waals surface area contributed by atoms with Crippen LogP contribution in [0.15, 0.2) is 24.3 Å². The molecule has 0 bridgehead atoms. The monoisotopic (exact) mass is 349 g/mol. The van der Waals surface area contributed by atoms with Crippen LogP contribution in [-0.2, 0) is 9.47 Å². The summed E-state index contributed by atoms with van der Waals surface area (Å²) in [5.41, 5.74) is 0.335. The van der Waals surface area contributed by atoms with Gasteiger partial charge >= 0.3 is 0 Å². The summed E-state index contributed by atoms with van der Waals surface area (Å²) in [5, 5.41) is 10.0. The van der Waals surface area contributed by atoms with Gasteiger partial charge in [-0.3, -0.25) is 4.90 Å². The molecule has 1 spiro atoms. The van der Waals surface area contributed by atoms with E-state index in [9.17, 15) is 4.39 Å². The number of nitrogens with zero attached hydrogens (tertiary/aromatic N) is 3. The summed E-state index contributed by atoms with van der Waals surface area (Å²) in [4.78, 5) is 2.36. The Labute approximate surface area is 144 Å². The van der Waals surface area contributed by atoms with Gasteiger partial charge in [0.15, 0.2) is 5.01 Å². The Morgan fingerprint density at radius 3 is 2.96 bits per heavy atom. The number of ether oxygens (including phenoxy) is 2. The number of rotatable bonds is 3. The zero-order chi connectivity index (χ0) is 16.6. The molecule has 24 heavy (non-hydrogen) atoms. The maximum Gasteiger partial charge on any atom is 0.150 e. The van der Waals surface area contributed by atoms with E-state index in [-0.39, 0.29) is 17.5 Å². The Morgan fingerprint density at radius 2 is 2.17 bits per heavy atom. The molecule has 2 fully saturated rings. The van der Waals surface area contributed by atoms with Crippen molar-refractivity contribution in [2.24, 2.45) is 0 Å². The predicted molar refractivity (Wildman–Crippen MR) is 89.4 cm³/mol. The van der Waals surface area contributed by atoms with E-state index in [1.54, 1.807) is 12.1 Å². The van der Waals surface area contributed by atoms with Crippen LogP contribution < -0.4 is 0 Å². The van der Waals surface area contributed by atoms with Crippen LogP contribution in [0.2, 0.25) is 0 Å². The molecule has 7 heteroatoms. The fraction of sp³-hybridized carbons (Fsp3) is 0.529. The minimum absolute atomic E-state index is 0.129. The van der Waals surface area contributed by atoms with Gasteiger partial charge in [-0.2, -0.15) is 0 Å². The van der Waals surface area contributed by atoms with E-state index in [0.717, 1.165) is 31.1 Å². The van der Waals surface area contributed by atoms with Crippen LogP contribution in [0.5, 0.6) is 0 Å². The third-order valence-corrected chi connectivity index (χ3v) is 5.92. The number of hydrogen-bond acceptors (Lipinski definition) is 6. The molecule has 0 radical (unpaired) electrons. The fourth-order valence-electron chi connectivity index (χ4n) is 3.33. The van der Waals surface area contributed by atoms with Gasteiger partial charge in [0.05, 0.1) is 19.3 Å². The first kappa shape index (κ1) is 16.1. The lowest BCUT2D eigenvalue weighted by molar-refractivity contribution is -0.117. The number of benzene rings is 1. The van der Waals surface area contributed by atoms with Crippen molar-refractivity contribution >= 4 is 11.3 Å². The number of halogens is 1. The van der Waals surface area contributed by atoms with Crippen LogP contribution in [0.25, 0.3) is 10.6 Å². The molecule has 4 rings (SSSR count). The molecule has 2 atom stereocenters. The highest BCUT2D eigenvalue weighted by Crippen LogP contribution is 2.34. The first-order chi connectivity index (χ1) is 11.7. The topological polar surface area (TPSA) is 47.5 Å². The molecule has 2 aromatic rings. The predicted octanol–water partition coefficient (Wildman–Crippen LogP) is 2.90. The lowest BCUT2D eigenvalue weighted by Crippen LogP contribution is -2.52. The molecule has 3 heterocycles. The second kappa shape index (κ2) is 6.48. The molecule has 128 valence electrons. The van der Waals surface area contributed by atoms with E-state index < -0.39 is 0 Å². The van der Waals surface area contributed by atoms with Gasteiger partial charge in [0, 0.05) is 31.7 Å². The Hall–Kier alpha value is -1.41. The second-order valence-electron chi connectivity index (χ2n) is 6.41. The maximum absolute atomic E-state index is 13.9. The molecular weight excluding hydrogens is 329 g/mol. The molecule has 0 amide bonds. The van der Waals surface area contributed by atoms with Crippen LogP contribution in [0.4, 0.5) is 4.39 Å². The minimum Gasteiger partial charge on any atom is -0.378 e. The first-order valence-corrected chi connectivity index (χ1v) is 9.03. The van der Waals surface area contributed by atoms with Crippen LogP contribution in [0.1, 0.15) is 24.4 Å². The normalized spacial score (nSPS) is 26.1. The average Bonchev–Trinajstić information content (AvgIpc) is 3.25. The van der Waals surface area contributed by atoms with Crippen LogP contribution in [0, 0.1) is 5.82 Å². The Balaban J connectivity index is 1.53. The molecule has 2 aliphatic rings. The van der Waals surface area contributed by atoms with Crippen LogP contribution in [-0.4, -0.2) is 53.6 Å². The van der Waals surface area contributed by atoms with E-state index >= 15 is 0 Å².